The fourth-order valence-electron chi connectivity index (χ4n) is 2.80. The van der Waals surface area contributed by atoms with Gasteiger partial charge in [-0.05, 0) is 31.5 Å². The zero-order valence-corrected chi connectivity index (χ0v) is 17.8. The lowest BCUT2D eigenvalue weighted by Crippen LogP contribution is -2.39. The van der Waals surface area contributed by atoms with E-state index in [-0.39, 0.29) is 16.8 Å². The second kappa shape index (κ2) is 9.33. The maximum Gasteiger partial charge on any atom is 0.330 e. The number of ether oxygens (including phenoxy) is 1. The monoisotopic (exact) mass is 426 g/mol. The van der Waals surface area contributed by atoms with E-state index >= 15 is 0 Å². The molecule has 11 heteroatoms. The van der Waals surface area contributed by atoms with Crippen molar-refractivity contribution in [2.75, 3.05) is 33.4 Å². The summed E-state index contributed by atoms with van der Waals surface area (Å²) in [5.74, 6) is -0.438. The van der Waals surface area contributed by atoms with E-state index < -0.39 is 27.2 Å². The Morgan fingerprint density at radius 1 is 1.21 bits per heavy atom. The molecular formula is C18H26N4O6S. The van der Waals surface area contributed by atoms with Crippen LogP contribution in [0, 0.1) is 0 Å². The van der Waals surface area contributed by atoms with Crippen LogP contribution in [0.25, 0.3) is 10.9 Å². The first-order valence-corrected chi connectivity index (χ1v) is 10.6. The Bertz CT molecular complexity index is 1120. The average Bonchev–Trinajstić information content (AvgIpc) is 2.69. The van der Waals surface area contributed by atoms with Crippen molar-refractivity contribution in [2.45, 2.75) is 18.2 Å². The Balaban J connectivity index is 2.22. The molecule has 1 aromatic heterocycles. The van der Waals surface area contributed by atoms with E-state index in [4.69, 9.17) is 4.74 Å². The number of aryl methyl sites for hydroxylation is 1. The third-order valence-corrected chi connectivity index (χ3v) is 6.30. The highest BCUT2D eigenvalue weighted by Crippen LogP contribution is 2.18. The van der Waals surface area contributed by atoms with Gasteiger partial charge in [0.25, 0.3) is 5.56 Å². The molecule has 10 nitrogen and oxygen atoms in total. The molecule has 160 valence electrons. The fraction of sp³-hybridized carbons (Fsp3) is 0.500. The molecule has 0 atom stereocenters. The molecule has 1 aromatic carbocycles. The summed E-state index contributed by atoms with van der Waals surface area (Å²) in [6, 6.07) is 3.95. The van der Waals surface area contributed by atoms with E-state index in [0.717, 1.165) is 8.87 Å². The third-order valence-electron chi connectivity index (χ3n) is 4.50. The molecule has 0 saturated carbocycles. The molecule has 1 amide bonds. The second-order valence-corrected chi connectivity index (χ2v) is 8.59. The van der Waals surface area contributed by atoms with Gasteiger partial charge in [0.05, 0.1) is 22.3 Å². The van der Waals surface area contributed by atoms with Crippen LogP contribution in [0.2, 0.25) is 0 Å². The minimum absolute atomic E-state index is 0.101. The highest BCUT2D eigenvalue weighted by Gasteiger charge is 2.24. The summed E-state index contributed by atoms with van der Waals surface area (Å²) in [7, 11) is 0.112. The summed E-state index contributed by atoms with van der Waals surface area (Å²) in [4.78, 5) is 36.3. The molecule has 29 heavy (non-hydrogen) atoms. The minimum Gasteiger partial charge on any atom is -0.382 e. The van der Waals surface area contributed by atoms with Gasteiger partial charge in [-0.2, -0.15) is 4.31 Å². The number of hydrogen-bond donors (Lipinski definition) is 1. The summed E-state index contributed by atoms with van der Waals surface area (Å²) in [6.07, 6.45) is 0.628. The molecule has 0 bridgehead atoms. The molecule has 0 aliphatic heterocycles. The number of carbonyl (C=O) groups excluding carboxylic acids is 1. The Kier molecular flexibility index (Phi) is 7.33. The number of fused-ring (bicyclic) bond motifs is 1. The van der Waals surface area contributed by atoms with Crippen LogP contribution in [-0.4, -0.2) is 61.1 Å². The second-order valence-electron chi connectivity index (χ2n) is 6.55. The summed E-state index contributed by atoms with van der Waals surface area (Å²) in [6.45, 7) is 3.01. The normalized spacial score (nSPS) is 11.9. The predicted octanol–water partition coefficient (Wildman–Crippen LogP) is -0.599. The molecule has 0 spiro atoms. The number of rotatable bonds is 9. The quantitative estimate of drug-likeness (QED) is 0.535. The van der Waals surface area contributed by atoms with Gasteiger partial charge in [-0.1, -0.05) is 0 Å². The molecule has 0 radical (unpaired) electrons. The van der Waals surface area contributed by atoms with Crippen molar-refractivity contribution in [3.8, 4) is 0 Å². The summed E-state index contributed by atoms with van der Waals surface area (Å²) in [5, 5.41) is 2.74. The van der Waals surface area contributed by atoms with Crippen LogP contribution in [0.1, 0.15) is 13.3 Å². The van der Waals surface area contributed by atoms with Crippen molar-refractivity contribution in [3.63, 3.8) is 0 Å². The van der Waals surface area contributed by atoms with Crippen molar-refractivity contribution in [3.05, 3.63) is 39.0 Å². The largest absolute Gasteiger partial charge is 0.382 e. The molecule has 0 saturated heterocycles. The molecule has 0 unspecified atom stereocenters. The van der Waals surface area contributed by atoms with Crippen LogP contribution in [0.5, 0.6) is 0 Å². The van der Waals surface area contributed by atoms with Crippen molar-refractivity contribution in [1.82, 2.24) is 18.8 Å². The summed E-state index contributed by atoms with van der Waals surface area (Å²) < 4.78 is 33.9. The first-order valence-electron chi connectivity index (χ1n) is 9.11. The Hall–Kier alpha value is -2.50. The number of amides is 1. The number of benzene rings is 1. The SMILES string of the molecule is CCOCCCNC(=O)CN(C)S(=O)(=O)c1ccc2c(c1)c(=O)n(C)c(=O)n2C. The predicted molar refractivity (Wildman–Crippen MR) is 108 cm³/mol. The number of sulfonamides is 1. The molecule has 0 aliphatic carbocycles. The Morgan fingerprint density at radius 2 is 1.90 bits per heavy atom. The molecule has 0 aliphatic rings. The molecule has 2 aromatic rings. The lowest BCUT2D eigenvalue weighted by Gasteiger charge is -2.17. The van der Waals surface area contributed by atoms with E-state index in [1.165, 1.54) is 43.9 Å². The van der Waals surface area contributed by atoms with Gasteiger partial charge in [0.1, 0.15) is 0 Å². The Labute approximate surface area is 168 Å². The topological polar surface area (TPSA) is 120 Å². The minimum atomic E-state index is -4.01. The van der Waals surface area contributed by atoms with Gasteiger partial charge in [0.2, 0.25) is 15.9 Å². The van der Waals surface area contributed by atoms with Gasteiger partial charge in [-0.15, -0.1) is 0 Å². The van der Waals surface area contributed by atoms with Crippen LogP contribution in [-0.2, 0) is 33.7 Å². The van der Waals surface area contributed by atoms with Gasteiger partial charge < -0.3 is 10.1 Å². The third kappa shape index (κ3) is 4.92. The molecule has 1 N–H and O–H groups in total. The Morgan fingerprint density at radius 3 is 2.55 bits per heavy atom. The number of hydrogen-bond acceptors (Lipinski definition) is 6. The van der Waals surface area contributed by atoms with Gasteiger partial charge in [-0.25, -0.2) is 13.2 Å². The van der Waals surface area contributed by atoms with Gasteiger partial charge in [0, 0.05) is 40.9 Å². The highest BCUT2D eigenvalue weighted by molar-refractivity contribution is 7.89. The first kappa shape index (κ1) is 22.8. The molecule has 2 rings (SSSR count). The molecular weight excluding hydrogens is 400 g/mol. The van der Waals surface area contributed by atoms with Crippen molar-refractivity contribution < 1.29 is 17.9 Å². The number of carbonyl (C=O) groups is 1. The number of nitrogens with zero attached hydrogens (tertiary/aromatic N) is 3. The number of nitrogens with one attached hydrogen (secondary N) is 1. The van der Waals surface area contributed by atoms with Crippen molar-refractivity contribution >= 4 is 26.8 Å². The van der Waals surface area contributed by atoms with E-state index in [2.05, 4.69) is 5.32 Å². The van der Waals surface area contributed by atoms with Crippen LogP contribution < -0.4 is 16.6 Å². The van der Waals surface area contributed by atoms with E-state index in [0.29, 0.717) is 31.7 Å². The standard InChI is InChI=1S/C18H26N4O6S/c1-5-28-10-6-9-19-16(23)12-20(2)29(26,27)13-7-8-15-14(11-13)17(24)22(4)18(25)21(15)3/h7-8,11H,5-6,9-10,12H2,1-4H3,(H,19,23). The van der Waals surface area contributed by atoms with Gasteiger partial charge >= 0.3 is 5.69 Å². The van der Waals surface area contributed by atoms with Crippen molar-refractivity contribution in [1.29, 1.82) is 0 Å². The lowest BCUT2D eigenvalue weighted by molar-refractivity contribution is -0.121. The lowest BCUT2D eigenvalue weighted by atomic mass is 10.2. The number of aromatic nitrogens is 2. The van der Waals surface area contributed by atoms with Crippen LogP contribution in [0.3, 0.4) is 0 Å². The van der Waals surface area contributed by atoms with Crippen molar-refractivity contribution in [2.24, 2.45) is 14.1 Å². The first-order chi connectivity index (χ1) is 13.6. The maximum absolute atomic E-state index is 12.8. The van der Waals surface area contributed by atoms with Crippen LogP contribution >= 0.6 is 0 Å². The zero-order valence-electron chi connectivity index (χ0n) is 17.0. The van der Waals surface area contributed by atoms with Crippen LogP contribution in [0.4, 0.5) is 0 Å². The van der Waals surface area contributed by atoms with E-state index in [9.17, 15) is 22.8 Å². The average molecular weight is 426 g/mol. The van der Waals surface area contributed by atoms with E-state index in [1.54, 1.807) is 0 Å². The molecule has 1 heterocycles. The van der Waals surface area contributed by atoms with Gasteiger partial charge in [0.15, 0.2) is 0 Å². The summed E-state index contributed by atoms with van der Waals surface area (Å²) >= 11 is 0. The van der Waals surface area contributed by atoms with Crippen LogP contribution in [0.15, 0.2) is 32.7 Å². The van der Waals surface area contributed by atoms with E-state index in [1.807, 2.05) is 6.92 Å². The fourth-order valence-corrected chi connectivity index (χ4v) is 3.96. The van der Waals surface area contributed by atoms with Gasteiger partial charge in [-0.3, -0.25) is 18.7 Å². The maximum atomic E-state index is 12.8. The summed E-state index contributed by atoms with van der Waals surface area (Å²) in [5.41, 5.74) is -0.766. The number of likely N-dealkylation sites (N-methyl/N-ethyl adjacent to an activating group) is 1. The zero-order chi connectivity index (χ0) is 21.8. The molecule has 0 fully saturated rings. The highest BCUT2D eigenvalue weighted by atomic mass is 32.2. The smallest absolute Gasteiger partial charge is 0.330 e.